The summed E-state index contributed by atoms with van der Waals surface area (Å²) in [5, 5.41) is 38.7. The average molecular weight is 1200 g/mol. The number of carbonyl (C=O) groups excluding carboxylic acids is 1. The molecule has 22 heteroatoms. The van der Waals surface area contributed by atoms with Gasteiger partial charge < -0.3 is 89.7 Å². The molecule has 83 heavy (non-hydrogen) atoms. The highest BCUT2D eigenvalue weighted by Crippen LogP contribution is 2.30. The molecule has 0 aliphatic carbocycles. The van der Waals surface area contributed by atoms with Crippen molar-refractivity contribution >= 4 is 41.4 Å². The van der Waals surface area contributed by atoms with Crippen molar-refractivity contribution in [3.63, 3.8) is 0 Å². The summed E-state index contributed by atoms with van der Waals surface area (Å²) in [6.45, 7) is 6.39. The number of rotatable bonds is 29. The number of aliphatic hydroxyl groups excluding tert-OH is 3. The Kier molecular flexibility index (Phi) is 42.0. The molecule has 0 fully saturated rings. The molecule has 0 spiro atoms. The van der Waals surface area contributed by atoms with Gasteiger partial charge in [0.25, 0.3) is 0 Å². The van der Waals surface area contributed by atoms with Gasteiger partial charge in [-0.3, -0.25) is 9.79 Å². The van der Waals surface area contributed by atoms with Gasteiger partial charge in [-0.2, -0.15) is 0 Å². The molecule has 458 valence electrons. The number of aliphatic hydroxyl groups is 3. The molecule has 0 bridgehead atoms. The van der Waals surface area contributed by atoms with Crippen molar-refractivity contribution in [2.45, 2.75) is 19.6 Å². The van der Waals surface area contributed by atoms with Crippen molar-refractivity contribution in [1.82, 2.24) is 16.0 Å². The first-order chi connectivity index (χ1) is 40.4. The number of hydrogen-bond acceptors (Lipinski definition) is 20. The normalized spacial score (nSPS) is 9.98. The first kappa shape index (κ1) is 73.8. The molecule has 0 aromatic heterocycles. The van der Waals surface area contributed by atoms with Crippen molar-refractivity contribution in [2.24, 2.45) is 10.7 Å². The standard InChI is InChI=1S/C17H21ClN2O2.C11H16ClNO2.C11H17NO3.C11H15NO3.C9H10O3.C2H7NO/c1-21-16-8-13(9-17(11-16)22-2)12-19-6-7-20-15-5-3-4-14(18)10-15;1-14-10-4-3-9(7-11(10)15-2)8-13-6-5-12;2*1-14-10-4-3-9(7-11(10)15-2)8-12-5-6-13;1-11-8-4-3-7(6-10)5-9(8)12-2;3-1-2-4/h3-5,8-11,19-20H,6-7,12H2,1-2H3;3-4,7,13H,5-6,8H2,1-2H3;3-4,7,12-13H,5-6,8H2,1-2H3;3-4,7-8,13H,5-6H2,1-2H3;3-6H,1-2H3;4H,1-3H2. The third-order valence-corrected chi connectivity index (χ3v) is 11.3. The molecular weight excluding hydrogens is 1110 g/mol. The number of nitrogens with zero attached hydrogens (tertiary/aromatic N) is 1. The lowest BCUT2D eigenvalue weighted by molar-refractivity contribution is 0.112. The van der Waals surface area contributed by atoms with Crippen molar-refractivity contribution in [3.8, 4) is 57.5 Å². The van der Waals surface area contributed by atoms with Crippen LogP contribution in [0.1, 0.15) is 32.6 Å². The number of methoxy groups -OCH3 is 10. The van der Waals surface area contributed by atoms with Crippen molar-refractivity contribution in [1.29, 1.82) is 0 Å². The number of nitrogens with one attached hydrogen (secondary N) is 4. The molecule has 0 aliphatic rings. The van der Waals surface area contributed by atoms with Crippen LogP contribution in [0.5, 0.6) is 57.5 Å². The number of ether oxygens (including phenoxy) is 10. The lowest BCUT2D eigenvalue weighted by atomic mass is 10.2. The molecule has 20 nitrogen and oxygen atoms in total. The molecule has 9 N–H and O–H groups in total. The van der Waals surface area contributed by atoms with Crippen LogP contribution in [0.2, 0.25) is 5.02 Å². The zero-order valence-corrected chi connectivity index (χ0v) is 50.9. The third-order valence-electron chi connectivity index (χ3n) is 10.9. The summed E-state index contributed by atoms with van der Waals surface area (Å²) < 4.78 is 51.4. The fraction of sp³-hybridized carbons (Fsp3) is 0.377. The van der Waals surface area contributed by atoms with E-state index in [-0.39, 0.29) is 19.8 Å². The van der Waals surface area contributed by atoms with E-state index in [1.807, 2.05) is 97.1 Å². The number of hydrogen-bond donors (Lipinski definition) is 8. The first-order valence-corrected chi connectivity index (χ1v) is 27.0. The molecule has 6 rings (SSSR count). The number of halogens is 2. The van der Waals surface area contributed by atoms with E-state index >= 15 is 0 Å². The first-order valence-electron chi connectivity index (χ1n) is 26.1. The smallest absolute Gasteiger partial charge is 0.161 e. The van der Waals surface area contributed by atoms with Crippen LogP contribution in [-0.2, 0) is 19.6 Å². The molecule has 6 aromatic rings. The summed E-state index contributed by atoms with van der Waals surface area (Å²) in [6, 6.07) is 35.7. The van der Waals surface area contributed by atoms with E-state index in [1.165, 1.54) is 7.11 Å². The second kappa shape index (κ2) is 47.3. The number of benzene rings is 6. The van der Waals surface area contributed by atoms with E-state index in [2.05, 4.69) is 26.3 Å². The maximum Gasteiger partial charge on any atom is 0.161 e. The predicted octanol–water partition coefficient (Wildman–Crippen LogP) is 7.95. The minimum atomic E-state index is 0.0593. The SMILES string of the molecule is COc1cc(CNCCNc2cccc(Cl)c2)cc(OC)c1.COc1ccc(C=NCCO)cc1OC.COc1ccc(C=O)cc1OC.COc1ccc(CNCCCl)cc1OC.COc1ccc(CNCCO)cc1OC.NCCO. The third kappa shape index (κ3) is 31.1. The van der Waals surface area contributed by atoms with E-state index < -0.39 is 0 Å². The van der Waals surface area contributed by atoms with E-state index in [0.29, 0.717) is 60.6 Å². The summed E-state index contributed by atoms with van der Waals surface area (Å²) in [6.07, 6.45) is 2.46. The molecule has 0 saturated heterocycles. The molecule has 0 heterocycles. The summed E-state index contributed by atoms with van der Waals surface area (Å²) in [4.78, 5) is 14.4. The highest BCUT2D eigenvalue weighted by Gasteiger charge is 2.07. The minimum absolute atomic E-state index is 0.0593. The number of nitrogens with two attached hydrogens (primary N) is 1. The second-order valence-electron chi connectivity index (χ2n) is 16.6. The number of anilines is 1. The number of aldehydes is 1. The van der Waals surface area contributed by atoms with Gasteiger partial charge in [-0.15, -0.1) is 11.6 Å². The van der Waals surface area contributed by atoms with E-state index in [1.54, 1.807) is 88.4 Å². The predicted molar refractivity (Wildman–Crippen MR) is 332 cm³/mol. The highest BCUT2D eigenvalue weighted by molar-refractivity contribution is 6.30. The van der Waals surface area contributed by atoms with Crippen molar-refractivity contribution in [3.05, 3.63) is 148 Å². The van der Waals surface area contributed by atoms with Crippen LogP contribution in [0.25, 0.3) is 0 Å². The summed E-state index contributed by atoms with van der Waals surface area (Å²) >= 11 is 11.5. The molecule has 0 unspecified atom stereocenters. The Morgan fingerprint density at radius 1 is 0.470 bits per heavy atom. The summed E-state index contributed by atoms with van der Waals surface area (Å²) in [7, 11) is 16.1. The van der Waals surface area contributed by atoms with E-state index in [0.717, 1.165) is 106 Å². The monoisotopic (exact) mass is 1200 g/mol. The molecule has 0 atom stereocenters. The van der Waals surface area contributed by atoms with Crippen LogP contribution < -0.4 is 74.4 Å². The Balaban J connectivity index is 0.000000517. The quantitative estimate of drug-likeness (QED) is 0.00959. The van der Waals surface area contributed by atoms with Crippen molar-refractivity contribution in [2.75, 3.05) is 141 Å². The van der Waals surface area contributed by atoms with Crippen LogP contribution in [0, 0.1) is 0 Å². The zero-order chi connectivity index (χ0) is 61.5. The van der Waals surface area contributed by atoms with E-state index in [9.17, 15) is 4.79 Å². The van der Waals surface area contributed by atoms with Crippen LogP contribution in [0.15, 0.2) is 120 Å². The Bertz CT molecular complexity index is 2610. The molecule has 0 amide bonds. The van der Waals surface area contributed by atoms with Gasteiger partial charge >= 0.3 is 0 Å². The van der Waals surface area contributed by atoms with Crippen LogP contribution >= 0.6 is 23.2 Å². The molecule has 0 saturated carbocycles. The van der Waals surface area contributed by atoms with E-state index in [4.69, 9.17) is 91.6 Å². The maximum atomic E-state index is 10.4. The van der Waals surface area contributed by atoms with Gasteiger partial charge in [0.05, 0.1) is 97.5 Å². The number of aliphatic imine (C=N–C) groups is 1. The van der Waals surface area contributed by atoms with Crippen LogP contribution in [-0.4, -0.2) is 164 Å². The summed E-state index contributed by atoms with van der Waals surface area (Å²) in [5.41, 5.74) is 10.7. The van der Waals surface area contributed by atoms with Gasteiger partial charge in [0.15, 0.2) is 46.0 Å². The average Bonchev–Trinajstić information content (AvgIpc) is 3.57. The Labute approximate surface area is 500 Å². The molecule has 6 aromatic carbocycles. The fourth-order valence-corrected chi connectivity index (χ4v) is 7.10. The molecule has 0 radical (unpaired) electrons. The number of carbonyl (C=O) groups is 1. The zero-order valence-electron chi connectivity index (χ0n) is 49.4. The Hall–Kier alpha value is -7.24. The maximum absolute atomic E-state index is 10.4. The van der Waals surface area contributed by atoms with Crippen molar-refractivity contribution < 1.29 is 67.5 Å². The van der Waals surface area contributed by atoms with Gasteiger partial charge in [-0.05, 0) is 113 Å². The van der Waals surface area contributed by atoms with Gasteiger partial charge in [-0.25, -0.2) is 0 Å². The Morgan fingerprint density at radius 3 is 1.35 bits per heavy atom. The molecular formula is C61H86Cl2N6O14. The minimum Gasteiger partial charge on any atom is -0.497 e. The second-order valence-corrected chi connectivity index (χ2v) is 17.4. The van der Waals surface area contributed by atoms with Gasteiger partial charge in [0, 0.05) is 86.8 Å². The lowest BCUT2D eigenvalue weighted by Crippen LogP contribution is -2.21. The molecule has 0 aliphatic heterocycles. The highest BCUT2D eigenvalue weighted by atomic mass is 35.5. The summed E-state index contributed by atoms with van der Waals surface area (Å²) in [5.74, 6) is 7.73. The largest absolute Gasteiger partial charge is 0.497 e. The van der Waals surface area contributed by atoms with Crippen LogP contribution in [0.4, 0.5) is 5.69 Å². The van der Waals surface area contributed by atoms with Gasteiger partial charge in [0.1, 0.15) is 17.8 Å². The lowest BCUT2D eigenvalue weighted by Gasteiger charge is -2.10. The topological polar surface area (TPSA) is 257 Å². The van der Waals surface area contributed by atoms with Gasteiger partial charge in [-0.1, -0.05) is 29.8 Å². The number of alkyl halides is 1. The Morgan fingerprint density at radius 2 is 0.916 bits per heavy atom. The van der Waals surface area contributed by atoms with Crippen LogP contribution in [0.3, 0.4) is 0 Å². The van der Waals surface area contributed by atoms with Gasteiger partial charge in [0.2, 0.25) is 0 Å². The fourth-order valence-electron chi connectivity index (χ4n) is 6.77.